The number of nitrogens with zero attached hydrogens (tertiary/aromatic N) is 1. The Morgan fingerprint density at radius 1 is 1.30 bits per heavy atom. The van der Waals surface area contributed by atoms with Crippen LogP contribution < -0.4 is 4.74 Å². The van der Waals surface area contributed by atoms with E-state index in [9.17, 15) is 9.18 Å². The fourth-order valence-corrected chi connectivity index (χ4v) is 1.96. The minimum absolute atomic E-state index is 0.0181. The first-order valence-electron chi connectivity index (χ1n) is 5.70. The van der Waals surface area contributed by atoms with Crippen LogP contribution in [0.4, 0.5) is 4.39 Å². The van der Waals surface area contributed by atoms with Crippen LogP contribution in [-0.4, -0.2) is 6.29 Å². The van der Waals surface area contributed by atoms with Crippen molar-refractivity contribution < 1.29 is 13.9 Å². The number of benzene rings is 2. The third-order valence-corrected chi connectivity index (χ3v) is 3.37. The van der Waals surface area contributed by atoms with Crippen LogP contribution in [-0.2, 0) is 6.61 Å². The van der Waals surface area contributed by atoms with Gasteiger partial charge in [0.25, 0.3) is 0 Å². The average molecular weight is 334 g/mol. The van der Waals surface area contributed by atoms with Crippen molar-refractivity contribution in [2.75, 3.05) is 0 Å². The molecule has 5 heteroatoms. The fraction of sp³-hybridized carbons (Fsp3) is 0.0667. The molecule has 0 bridgehead atoms. The van der Waals surface area contributed by atoms with Gasteiger partial charge in [0, 0.05) is 10.0 Å². The van der Waals surface area contributed by atoms with Gasteiger partial charge in [0.15, 0.2) is 6.29 Å². The van der Waals surface area contributed by atoms with Crippen LogP contribution in [0.2, 0.25) is 0 Å². The van der Waals surface area contributed by atoms with Crippen molar-refractivity contribution in [3.63, 3.8) is 0 Å². The van der Waals surface area contributed by atoms with Crippen molar-refractivity contribution >= 4 is 22.2 Å². The van der Waals surface area contributed by atoms with E-state index in [1.54, 1.807) is 30.3 Å². The summed E-state index contributed by atoms with van der Waals surface area (Å²) in [5.41, 5.74) is 1.15. The Morgan fingerprint density at radius 2 is 2.10 bits per heavy atom. The molecule has 2 aromatic rings. The second kappa shape index (κ2) is 6.31. The topological polar surface area (TPSA) is 50.1 Å². The summed E-state index contributed by atoms with van der Waals surface area (Å²) in [7, 11) is 0. The van der Waals surface area contributed by atoms with Crippen LogP contribution in [0, 0.1) is 17.1 Å². The monoisotopic (exact) mass is 333 g/mol. The van der Waals surface area contributed by atoms with E-state index in [2.05, 4.69) is 15.9 Å². The Balaban J connectivity index is 2.13. The minimum Gasteiger partial charge on any atom is -0.489 e. The average Bonchev–Trinajstić information content (AvgIpc) is 2.47. The molecule has 2 rings (SSSR count). The zero-order valence-electron chi connectivity index (χ0n) is 10.3. The number of hydrogen-bond acceptors (Lipinski definition) is 3. The van der Waals surface area contributed by atoms with E-state index >= 15 is 0 Å². The first-order chi connectivity index (χ1) is 9.63. The molecular weight excluding hydrogens is 325 g/mol. The number of hydrogen-bond donors (Lipinski definition) is 0. The van der Waals surface area contributed by atoms with Gasteiger partial charge in [-0.15, -0.1) is 0 Å². The minimum atomic E-state index is -0.553. The molecule has 0 saturated carbocycles. The first-order valence-corrected chi connectivity index (χ1v) is 6.49. The molecule has 0 aromatic heterocycles. The molecule has 3 nitrogen and oxygen atoms in total. The number of aldehydes is 1. The number of halogens is 2. The highest BCUT2D eigenvalue weighted by molar-refractivity contribution is 9.10. The Kier molecular flexibility index (Phi) is 4.49. The van der Waals surface area contributed by atoms with Crippen molar-refractivity contribution in [2.24, 2.45) is 0 Å². The first kappa shape index (κ1) is 14.2. The lowest BCUT2D eigenvalue weighted by molar-refractivity contribution is 0.112. The van der Waals surface area contributed by atoms with Gasteiger partial charge in [-0.3, -0.25) is 4.79 Å². The van der Waals surface area contributed by atoms with Crippen LogP contribution in [0.15, 0.2) is 40.9 Å². The van der Waals surface area contributed by atoms with E-state index in [0.29, 0.717) is 21.3 Å². The van der Waals surface area contributed by atoms with Gasteiger partial charge in [0.1, 0.15) is 24.2 Å². The highest BCUT2D eigenvalue weighted by atomic mass is 79.9. The summed E-state index contributed by atoms with van der Waals surface area (Å²) in [6, 6.07) is 11.0. The Bertz CT molecular complexity index is 695. The number of carbonyl (C=O) groups is 1. The third-order valence-electron chi connectivity index (χ3n) is 2.65. The van der Waals surface area contributed by atoms with Gasteiger partial charge in [-0.2, -0.15) is 5.26 Å². The second-order valence-corrected chi connectivity index (χ2v) is 4.87. The lowest BCUT2D eigenvalue weighted by atomic mass is 10.1. The van der Waals surface area contributed by atoms with Crippen LogP contribution in [0.3, 0.4) is 0 Å². The van der Waals surface area contributed by atoms with Gasteiger partial charge in [0.2, 0.25) is 0 Å². The van der Waals surface area contributed by atoms with Crippen molar-refractivity contribution in [1.29, 1.82) is 5.26 Å². The predicted octanol–water partition coefficient (Wildman–Crippen LogP) is 3.85. The van der Waals surface area contributed by atoms with Gasteiger partial charge in [-0.1, -0.05) is 22.0 Å². The summed E-state index contributed by atoms with van der Waals surface area (Å²) in [4.78, 5) is 10.8. The van der Waals surface area contributed by atoms with Gasteiger partial charge in [-0.25, -0.2) is 4.39 Å². The zero-order chi connectivity index (χ0) is 14.5. The molecule has 0 unspecified atom stereocenters. The van der Waals surface area contributed by atoms with Crippen molar-refractivity contribution in [2.45, 2.75) is 6.61 Å². The lowest BCUT2D eigenvalue weighted by Crippen LogP contribution is -1.98. The molecule has 0 radical (unpaired) electrons. The standard InChI is InChI=1S/C15H9BrFNO2/c16-14-3-2-13(6-12(14)8-19)20-9-10-1-4-15(17)11(5-10)7-18/h1-6,8H,9H2. The van der Waals surface area contributed by atoms with E-state index in [1.165, 1.54) is 12.1 Å². The summed E-state index contributed by atoms with van der Waals surface area (Å²) < 4.78 is 19.4. The maximum atomic E-state index is 13.2. The highest BCUT2D eigenvalue weighted by Gasteiger charge is 2.05. The Labute approximate surface area is 123 Å². The fourth-order valence-electron chi connectivity index (χ4n) is 1.62. The molecule has 0 aliphatic carbocycles. The molecule has 2 aromatic carbocycles. The largest absolute Gasteiger partial charge is 0.489 e. The summed E-state index contributed by atoms with van der Waals surface area (Å²) in [6.45, 7) is 0.189. The smallest absolute Gasteiger partial charge is 0.151 e. The summed E-state index contributed by atoms with van der Waals surface area (Å²) in [5, 5.41) is 8.75. The highest BCUT2D eigenvalue weighted by Crippen LogP contribution is 2.22. The summed E-state index contributed by atoms with van der Waals surface area (Å²) >= 11 is 3.25. The molecular formula is C15H9BrFNO2. The van der Waals surface area contributed by atoms with Crippen LogP contribution in [0.5, 0.6) is 5.75 Å². The van der Waals surface area contributed by atoms with Crippen LogP contribution >= 0.6 is 15.9 Å². The molecule has 0 fully saturated rings. The lowest BCUT2D eigenvalue weighted by Gasteiger charge is -2.08. The maximum absolute atomic E-state index is 13.2. The molecule has 0 heterocycles. The predicted molar refractivity (Wildman–Crippen MR) is 75.0 cm³/mol. The van der Waals surface area contributed by atoms with Crippen molar-refractivity contribution in [3.05, 3.63) is 63.4 Å². The van der Waals surface area contributed by atoms with Gasteiger partial charge in [0.05, 0.1) is 5.56 Å². The van der Waals surface area contributed by atoms with Gasteiger partial charge < -0.3 is 4.74 Å². The quantitative estimate of drug-likeness (QED) is 0.798. The molecule has 0 amide bonds. The Morgan fingerprint density at radius 3 is 2.80 bits per heavy atom. The van der Waals surface area contributed by atoms with E-state index in [4.69, 9.17) is 10.00 Å². The van der Waals surface area contributed by atoms with E-state index in [0.717, 1.165) is 6.29 Å². The molecule has 0 N–H and O–H groups in total. The normalized spacial score (nSPS) is 9.85. The van der Waals surface area contributed by atoms with Crippen molar-refractivity contribution in [1.82, 2.24) is 0 Å². The molecule has 20 heavy (non-hydrogen) atoms. The molecule has 0 atom stereocenters. The van der Waals surface area contributed by atoms with Crippen molar-refractivity contribution in [3.8, 4) is 11.8 Å². The van der Waals surface area contributed by atoms with Crippen LogP contribution in [0.25, 0.3) is 0 Å². The van der Waals surface area contributed by atoms with Gasteiger partial charge in [-0.05, 0) is 35.9 Å². The second-order valence-electron chi connectivity index (χ2n) is 4.02. The SMILES string of the molecule is N#Cc1cc(COc2ccc(Br)c(C=O)c2)ccc1F. The number of nitriles is 1. The molecule has 100 valence electrons. The van der Waals surface area contributed by atoms with E-state index in [-0.39, 0.29) is 12.2 Å². The number of rotatable bonds is 4. The summed E-state index contributed by atoms with van der Waals surface area (Å²) in [5.74, 6) is -0.0266. The van der Waals surface area contributed by atoms with Crippen LogP contribution in [0.1, 0.15) is 21.5 Å². The molecule has 0 aliphatic heterocycles. The van der Waals surface area contributed by atoms with E-state index < -0.39 is 5.82 Å². The van der Waals surface area contributed by atoms with Gasteiger partial charge >= 0.3 is 0 Å². The third kappa shape index (κ3) is 3.22. The molecule has 0 aliphatic rings. The summed E-state index contributed by atoms with van der Waals surface area (Å²) in [6.07, 6.45) is 0.725. The molecule has 0 saturated heterocycles. The number of carbonyl (C=O) groups excluding carboxylic acids is 1. The molecule has 0 spiro atoms. The maximum Gasteiger partial charge on any atom is 0.151 e. The number of ether oxygens (including phenoxy) is 1. The van der Waals surface area contributed by atoms with E-state index in [1.807, 2.05) is 0 Å². The Hall–Kier alpha value is -2.19. The zero-order valence-corrected chi connectivity index (χ0v) is 11.9.